The van der Waals surface area contributed by atoms with Crippen LogP contribution in [0.25, 0.3) is 0 Å². The zero-order valence-corrected chi connectivity index (χ0v) is 12.3. The average Bonchev–Trinajstić information content (AvgIpc) is 2.91. The molecule has 0 aliphatic carbocycles. The predicted molar refractivity (Wildman–Crippen MR) is 73.8 cm³/mol. The fraction of sp³-hybridized carbons (Fsp3) is 0.231. The number of hydrogen-bond donors (Lipinski definition) is 2. The minimum absolute atomic E-state index is 0.0371. The van der Waals surface area contributed by atoms with Crippen LogP contribution in [0.1, 0.15) is 21.7 Å². The highest BCUT2D eigenvalue weighted by molar-refractivity contribution is 9.10. The summed E-state index contributed by atoms with van der Waals surface area (Å²) in [6, 6.07) is 3.37. The van der Waals surface area contributed by atoms with Crippen LogP contribution in [0, 0.1) is 0 Å². The van der Waals surface area contributed by atoms with Gasteiger partial charge in [-0.25, -0.2) is 4.98 Å². The van der Waals surface area contributed by atoms with Gasteiger partial charge in [-0.2, -0.15) is 13.2 Å². The lowest BCUT2D eigenvalue weighted by atomic mass is 10.1. The molecule has 0 radical (unpaired) electrons. The molecule has 0 spiro atoms. The van der Waals surface area contributed by atoms with Gasteiger partial charge in [0, 0.05) is 35.4 Å². The van der Waals surface area contributed by atoms with E-state index in [4.69, 9.17) is 0 Å². The van der Waals surface area contributed by atoms with Crippen LogP contribution >= 0.6 is 15.9 Å². The van der Waals surface area contributed by atoms with Crippen molar-refractivity contribution in [2.24, 2.45) is 0 Å². The number of rotatable bonds is 4. The third kappa shape index (κ3) is 4.07. The maximum absolute atomic E-state index is 12.8. The summed E-state index contributed by atoms with van der Waals surface area (Å²) in [5, 5.41) is 2.55. The molecule has 0 unspecified atom stereocenters. The maximum Gasteiger partial charge on any atom is 0.417 e. The Labute approximate surface area is 126 Å². The fourth-order valence-corrected chi connectivity index (χ4v) is 2.19. The molecule has 4 nitrogen and oxygen atoms in total. The molecule has 8 heteroatoms. The quantitative estimate of drug-likeness (QED) is 0.878. The largest absolute Gasteiger partial charge is 0.417 e. The number of nitrogens with zero attached hydrogens (tertiary/aromatic N) is 1. The summed E-state index contributed by atoms with van der Waals surface area (Å²) in [7, 11) is 0. The SMILES string of the molecule is O=C(NCCc1ncc[nH]1)c1ccc(Br)c(C(F)(F)F)c1. The second-order valence-electron chi connectivity index (χ2n) is 4.23. The van der Waals surface area contributed by atoms with E-state index in [1.807, 2.05) is 0 Å². The molecule has 21 heavy (non-hydrogen) atoms. The summed E-state index contributed by atoms with van der Waals surface area (Å²) >= 11 is 2.83. The molecule has 0 saturated heterocycles. The summed E-state index contributed by atoms with van der Waals surface area (Å²) in [4.78, 5) is 18.7. The van der Waals surface area contributed by atoms with E-state index in [0.29, 0.717) is 12.2 Å². The van der Waals surface area contributed by atoms with Crippen molar-refractivity contribution in [3.63, 3.8) is 0 Å². The van der Waals surface area contributed by atoms with Gasteiger partial charge in [0.2, 0.25) is 0 Å². The van der Waals surface area contributed by atoms with E-state index in [0.717, 1.165) is 6.07 Å². The summed E-state index contributed by atoms with van der Waals surface area (Å²) in [6.45, 7) is 0.282. The molecule has 2 rings (SSSR count). The van der Waals surface area contributed by atoms with Gasteiger partial charge in [-0.15, -0.1) is 0 Å². The normalized spacial score (nSPS) is 11.4. The molecule has 0 aliphatic heterocycles. The molecule has 0 saturated carbocycles. The van der Waals surface area contributed by atoms with Crippen molar-refractivity contribution in [3.05, 3.63) is 52.0 Å². The van der Waals surface area contributed by atoms with Gasteiger partial charge in [0.1, 0.15) is 5.82 Å². The molecule has 1 aromatic heterocycles. The molecule has 1 aromatic carbocycles. The van der Waals surface area contributed by atoms with E-state index in [1.165, 1.54) is 12.1 Å². The summed E-state index contributed by atoms with van der Waals surface area (Å²) in [5.74, 6) is 0.140. The maximum atomic E-state index is 12.8. The molecule has 0 aliphatic rings. The number of imidazole rings is 1. The molecule has 0 fully saturated rings. The van der Waals surface area contributed by atoms with Crippen LogP contribution in [0.5, 0.6) is 0 Å². The topological polar surface area (TPSA) is 57.8 Å². The van der Waals surface area contributed by atoms with Gasteiger partial charge in [-0.05, 0) is 18.2 Å². The van der Waals surface area contributed by atoms with Crippen molar-refractivity contribution in [1.82, 2.24) is 15.3 Å². The van der Waals surface area contributed by atoms with E-state index < -0.39 is 17.6 Å². The van der Waals surface area contributed by atoms with Crippen molar-refractivity contribution in [3.8, 4) is 0 Å². The molecule has 1 heterocycles. The summed E-state index contributed by atoms with van der Waals surface area (Å²) < 4.78 is 38.2. The van der Waals surface area contributed by atoms with Crippen molar-refractivity contribution >= 4 is 21.8 Å². The summed E-state index contributed by atoms with van der Waals surface area (Å²) in [6.07, 6.45) is -0.798. The second-order valence-corrected chi connectivity index (χ2v) is 5.09. The molecule has 112 valence electrons. The lowest BCUT2D eigenvalue weighted by Gasteiger charge is -2.11. The average molecular weight is 362 g/mol. The van der Waals surface area contributed by atoms with Crippen LogP contribution < -0.4 is 5.32 Å². The molecule has 2 N–H and O–H groups in total. The highest BCUT2D eigenvalue weighted by atomic mass is 79.9. The molecule has 1 amide bonds. The van der Waals surface area contributed by atoms with E-state index in [-0.39, 0.29) is 16.6 Å². The first-order valence-corrected chi connectivity index (χ1v) is 6.80. The van der Waals surface area contributed by atoms with Gasteiger partial charge in [-0.3, -0.25) is 4.79 Å². The number of H-pyrrole nitrogens is 1. The number of nitrogens with one attached hydrogen (secondary N) is 2. The number of alkyl halides is 3. The first kappa shape index (κ1) is 15.6. The number of amides is 1. The van der Waals surface area contributed by atoms with Gasteiger partial charge in [0.05, 0.1) is 5.56 Å². The first-order valence-electron chi connectivity index (χ1n) is 6.01. The Balaban J connectivity index is 2.02. The van der Waals surface area contributed by atoms with E-state index in [2.05, 4.69) is 31.2 Å². The van der Waals surface area contributed by atoms with Crippen LogP contribution in [0.4, 0.5) is 13.2 Å². The van der Waals surface area contributed by atoms with Crippen molar-refractivity contribution < 1.29 is 18.0 Å². The van der Waals surface area contributed by atoms with Crippen molar-refractivity contribution in [2.45, 2.75) is 12.6 Å². The minimum atomic E-state index is -4.51. The van der Waals surface area contributed by atoms with E-state index >= 15 is 0 Å². The minimum Gasteiger partial charge on any atom is -0.352 e. The Bertz CT molecular complexity index is 626. The van der Waals surface area contributed by atoms with Crippen molar-refractivity contribution in [1.29, 1.82) is 0 Å². The highest BCUT2D eigenvalue weighted by Gasteiger charge is 2.33. The lowest BCUT2D eigenvalue weighted by molar-refractivity contribution is -0.138. The molecule has 0 atom stereocenters. The Hall–Kier alpha value is -1.83. The van der Waals surface area contributed by atoms with Gasteiger partial charge in [0.15, 0.2) is 0 Å². The Morgan fingerprint density at radius 1 is 1.38 bits per heavy atom. The number of aromatic nitrogens is 2. The number of aromatic amines is 1. The summed E-state index contributed by atoms with van der Waals surface area (Å²) in [5.41, 5.74) is -0.911. The zero-order valence-electron chi connectivity index (χ0n) is 10.7. The Morgan fingerprint density at radius 3 is 2.76 bits per heavy atom. The second kappa shape index (κ2) is 6.30. The Morgan fingerprint density at radius 2 is 2.14 bits per heavy atom. The molecule has 2 aromatic rings. The molecule has 0 bridgehead atoms. The first-order chi connectivity index (χ1) is 9.88. The number of halogens is 4. The third-order valence-electron chi connectivity index (χ3n) is 2.74. The standard InChI is InChI=1S/C13H11BrF3N3O/c14-10-2-1-8(7-9(10)13(15,16)17)12(21)20-4-3-11-18-5-6-19-11/h1-2,5-7H,3-4H2,(H,18,19)(H,20,21). The van der Waals surface area contributed by atoms with Crippen LogP contribution in [0.15, 0.2) is 35.1 Å². The molecular weight excluding hydrogens is 351 g/mol. The molecular formula is C13H11BrF3N3O. The van der Waals surface area contributed by atoms with E-state index in [9.17, 15) is 18.0 Å². The number of carbonyl (C=O) groups excluding carboxylic acids is 1. The predicted octanol–water partition coefficient (Wildman–Crippen LogP) is 3.16. The van der Waals surface area contributed by atoms with Crippen LogP contribution in [0.3, 0.4) is 0 Å². The van der Waals surface area contributed by atoms with Crippen molar-refractivity contribution in [2.75, 3.05) is 6.54 Å². The Kier molecular flexibility index (Phi) is 4.66. The fourth-order valence-electron chi connectivity index (χ4n) is 1.71. The highest BCUT2D eigenvalue weighted by Crippen LogP contribution is 2.35. The number of hydrogen-bond acceptors (Lipinski definition) is 2. The van der Waals surface area contributed by atoms with Crippen LogP contribution in [0.2, 0.25) is 0 Å². The number of carbonyl (C=O) groups is 1. The van der Waals surface area contributed by atoms with Gasteiger partial charge in [-0.1, -0.05) is 15.9 Å². The van der Waals surface area contributed by atoms with Gasteiger partial charge in [0.25, 0.3) is 5.91 Å². The monoisotopic (exact) mass is 361 g/mol. The zero-order chi connectivity index (χ0) is 15.5. The van der Waals surface area contributed by atoms with Gasteiger partial charge >= 0.3 is 6.18 Å². The lowest BCUT2D eigenvalue weighted by Crippen LogP contribution is -2.26. The smallest absolute Gasteiger partial charge is 0.352 e. The van der Waals surface area contributed by atoms with Crippen LogP contribution in [-0.2, 0) is 12.6 Å². The third-order valence-corrected chi connectivity index (χ3v) is 3.43. The van der Waals surface area contributed by atoms with E-state index in [1.54, 1.807) is 12.4 Å². The number of benzene rings is 1. The van der Waals surface area contributed by atoms with Gasteiger partial charge < -0.3 is 10.3 Å². The van der Waals surface area contributed by atoms with Crippen LogP contribution in [-0.4, -0.2) is 22.4 Å².